The van der Waals surface area contributed by atoms with E-state index in [1.165, 1.54) is 35.2 Å². The monoisotopic (exact) mass is 398 g/mol. The Morgan fingerprint density at radius 2 is 1.75 bits per heavy atom. The number of benzene rings is 2. The quantitative estimate of drug-likeness (QED) is 0.502. The van der Waals surface area contributed by atoms with Crippen molar-refractivity contribution in [1.29, 1.82) is 0 Å². The second-order valence-corrected chi connectivity index (χ2v) is 8.03. The average molecular weight is 399 g/mol. The number of nitrogens with zero attached hydrogens (tertiary/aromatic N) is 2. The number of hydrogen-bond donors (Lipinski definition) is 0. The van der Waals surface area contributed by atoms with E-state index < -0.39 is 0 Å². The number of para-hydroxylation sites is 1. The van der Waals surface area contributed by atoms with Gasteiger partial charge in [0.2, 0.25) is 0 Å². The molecule has 3 aromatic rings. The summed E-state index contributed by atoms with van der Waals surface area (Å²) >= 11 is 5.43. The van der Waals surface area contributed by atoms with Crippen LogP contribution in [0.25, 0.3) is 11.3 Å². The number of rotatable bonds is 3. The SMILES string of the molecule is Cc1cccc(C)c1N=c1scc(-c2ccccc2Br)n1C1CC1. The van der Waals surface area contributed by atoms with Crippen LogP contribution >= 0.6 is 27.3 Å². The van der Waals surface area contributed by atoms with Gasteiger partial charge in [0.05, 0.1) is 11.4 Å². The van der Waals surface area contributed by atoms with Crippen molar-refractivity contribution in [2.45, 2.75) is 32.7 Å². The fourth-order valence-electron chi connectivity index (χ4n) is 3.03. The van der Waals surface area contributed by atoms with Crippen molar-refractivity contribution in [3.63, 3.8) is 0 Å². The van der Waals surface area contributed by atoms with E-state index in [4.69, 9.17) is 4.99 Å². The molecule has 1 aliphatic rings. The minimum absolute atomic E-state index is 0.585. The topological polar surface area (TPSA) is 17.3 Å². The maximum atomic E-state index is 5.04. The summed E-state index contributed by atoms with van der Waals surface area (Å²) in [5, 5.41) is 2.24. The van der Waals surface area contributed by atoms with Gasteiger partial charge in [-0.25, -0.2) is 4.99 Å². The predicted molar refractivity (Wildman–Crippen MR) is 105 cm³/mol. The molecule has 0 bridgehead atoms. The number of thiazole rings is 1. The van der Waals surface area contributed by atoms with E-state index in [0.29, 0.717) is 6.04 Å². The third-order valence-electron chi connectivity index (χ3n) is 4.45. The maximum Gasteiger partial charge on any atom is 0.190 e. The highest BCUT2D eigenvalue weighted by atomic mass is 79.9. The molecular weight excluding hydrogens is 380 g/mol. The molecule has 0 radical (unpaired) electrons. The van der Waals surface area contributed by atoms with Gasteiger partial charge in [-0.3, -0.25) is 0 Å². The van der Waals surface area contributed by atoms with Crippen LogP contribution in [0.4, 0.5) is 5.69 Å². The molecule has 0 atom stereocenters. The molecule has 2 aromatic carbocycles. The third kappa shape index (κ3) is 2.89. The van der Waals surface area contributed by atoms with E-state index in [2.05, 4.69) is 82.2 Å². The van der Waals surface area contributed by atoms with Crippen molar-refractivity contribution in [2.75, 3.05) is 0 Å². The second-order valence-electron chi connectivity index (χ2n) is 6.34. The third-order valence-corrected chi connectivity index (χ3v) is 5.98. The molecule has 0 aliphatic heterocycles. The van der Waals surface area contributed by atoms with Gasteiger partial charge in [0, 0.05) is 21.5 Å². The molecule has 0 unspecified atom stereocenters. The van der Waals surface area contributed by atoms with Crippen LogP contribution in [0.1, 0.15) is 30.0 Å². The first kappa shape index (κ1) is 15.9. The highest BCUT2D eigenvalue weighted by Gasteiger charge is 2.27. The van der Waals surface area contributed by atoms with Crippen LogP contribution in [-0.2, 0) is 0 Å². The smallest absolute Gasteiger partial charge is 0.190 e. The van der Waals surface area contributed by atoms with Crippen LogP contribution < -0.4 is 4.80 Å². The lowest BCUT2D eigenvalue weighted by Crippen LogP contribution is -2.14. The van der Waals surface area contributed by atoms with Gasteiger partial charge in [0.25, 0.3) is 0 Å². The minimum atomic E-state index is 0.585. The van der Waals surface area contributed by atoms with Gasteiger partial charge >= 0.3 is 0 Å². The van der Waals surface area contributed by atoms with Gasteiger partial charge < -0.3 is 4.57 Å². The van der Waals surface area contributed by atoms with Gasteiger partial charge in [0.15, 0.2) is 4.80 Å². The molecule has 1 aliphatic carbocycles. The zero-order valence-corrected chi connectivity index (χ0v) is 16.2. The highest BCUT2D eigenvalue weighted by Crippen LogP contribution is 2.39. The van der Waals surface area contributed by atoms with Crippen LogP contribution in [0.5, 0.6) is 0 Å². The molecule has 2 nitrogen and oxygen atoms in total. The highest BCUT2D eigenvalue weighted by molar-refractivity contribution is 9.10. The van der Waals surface area contributed by atoms with Crippen molar-refractivity contribution in [1.82, 2.24) is 4.57 Å². The zero-order valence-electron chi connectivity index (χ0n) is 13.8. The molecule has 4 heteroatoms. The van der Waals surface area contributed by atoms with Crippen LogP contribution in [0, 0.1) is 13.8 Å². The minimum Gasteiger partial charge on any atom is -0.313 e. The number of hydrogen-bond acceptors (Lipinski definition) is 2. The second kappa shape index (κ2) is 6.34. The summed E-state index contributed by atoms with van der Waals surface area (Å²) in [6, 6.07) is 15.4. The standard InChI is InChI=1S/C20H19BrN2S/c1-13-6-5-7-14(2)19(13)22-20-23(15-10-11-15)18(12-24-20)16-8-3-4-9-17(16)21/h3-9,12,15H,10-11H2,1-2H3. The Balaban J connectivity index is 1.93. The van der Waals surface area contributed by atoms with E-state index in [0.717, 1.165) is 15.0 Å². The molecule has 0 saturated heterocycles. The molecule has 4 rings (SSSR count). The van der Waals surface area contributed by atoms with Gasteiger partial charge in [0.1, 0.15) is 0 Å². The molecule has 24 heavy (non-hydrogen) atoms. The molecule has 122 valence electrons. The van der Waals surface area contributed by atoms with Crippen molar-refractivity contribution in [3.05, 3.63) is 68.2 Å². The molecule has 0 spiro atoms. The lowest BCUT2D eigenvalue weighted by molar-refractivity contribution is 0.724. The predicted octanol–water partition coefficient (Wildman–Crippen LogP) is 6.16. The summed E-state index contributed by atoms with van der Waals surface area (Å²) in [5.41, 5.74) is 6.07. The van der Waals surface area contributed by atoms with E-state index in [1.807, 2.05) is 0 Å². The van der Waals surface area contributed by atoms with Gasteiger partial charge in [-0.15, -0.1) is 11.3 Å². The lowest BCUT2D eigenvalue weighted by atomic mass is 10.1. The summed E-state index contributed by atoms with van der Waals surface area (Å²) in [5.74, 6) is 0. The first-order chi connectivity index (χ1) is 11.6. The Morgan fingerprint density at radius 3 is 2.42 bits per heavy atom. The first-order valence-electron chi connectivity index (χ1n) is 8.21. The fraction of sp³-hybridized carbons (Fsp3) is 0.250. The summed E-state index contributed by atoms with van der Waals surface area (Å²) in [6.45, 7) is 4.27. The van der Waals surface area contributed by atoms with E-state index in [1.54, 1.807) is 11.3 Å². The van der Waals surface area contributed by atoms with E-state index >= 15 is 0 Å². The maximum absolute atomic E-state index is 5.04. The van der Waals surface area contributed by atoms with Crippen molar-refractivity contribution in [2.24, 2.45) is 4.99 Å². The molecular formula is C20H19BrN2S. The Hall–Kier alpha value is -1.65. The van der Waals surface area contributed by atoms with Crippen LogP contribution in [0.15, 0.2) is 57.3 Å². The number of halogens is 1. The van der Waals surface area contributed by atoms with Crippen molar-refractivity contribution < 1.29 is 0 Å². The van der Waals surface area contributed by atoms with Crippen LogP contribution in [-0.4, -0.2) is 4.57 Å². The van der Waals surface area contributed by atoms with Crippen LogP contribution in [0.2, 0.25) is 0 Å². The number of aromatic nitrogens is 1. The summed E-state index contributed by atoms with van der Waals surface area (Å²) in [6.07, 6.45) is 2.49. The Morgan fingerprint density at radius 1 is 1.04 bits per heavy atom. The van der Waals surface area contributed by atoms with Crippen molar-refractivity contribution in [3.8, 4) is 11.3 Å². The normalized spacial score (nSPS) is 15.0. The zero-order chi connectivity index (χ0) is 16.7. The van der Waals surface area contributed by atoms with Crippen molar-refractivity contribution >= 4 is 33.0 Å². The Labute approximate surface area is 154 Å². The molecule has 1 aromatic heterocycles. The molecule has 0 N–H and O–H groups in total. The Bertz CT molecular complexity index is 944. The van der Waals surface area contributed by atoms with Gasteiger partial charge in [-0.2, -0.15) is 0 Å². The fourth-order valence-corrected chi connectivity index (χ4v) is 4.48. The molecule has 1 heterocycles. The van der Waals surface area contributed by atoms with Gasteiger partial charge in [-0.05, 0) is 43.9 Å². The van der Waals surface area contributed by atoms with Crippen LogP contribution in [0.3, 0.4) is 0 Å². The average Bonchev–Trinajstić information content (AvgIpc) is 3.32. The number of aryl methyl sites for hydroxylation is 2. The molecule has 1 saturated carbocycles. The largest absolute Gasteiger partial charge is 0.313 e. The van der Waals surface area contributed by atoms with E-state index in [-0.39, 0.29) is 0 Å². The molecule has 0 amide bonds. The Kier molecular flexibility index (Phi) is 4.19. The van der Waals surface area contributed by atoms with E-state index in [9.17, 15) is 0 Å². The lowest BCUT2D eigenvalue weighted by Gasteiger charge is -2.10. The summed E-state index contributed by atoms with van der Waals surface area (Å²) < 4.78 is 3.56. The van der Waals surface area contributed by atoms with Gasteiger partial charge in [-0.1, -0.05) is 52.3 Å². The summed E-state index contributed by atoms with van der Waals surface area (Å²) in [7, 11) is 0. The first-order valence-corrected chi connectivity index (χ1v) is 9.88. The summed E-state index contributed by atoms with van der Waals surface area (Å²) in [4.78, 5) is 6.14. The molecule has 1 fully saturated rings.